The second-order valence-electron chi connectivity index (χ2n) is 5.17. The van der Waals surface area contributed by atoms with Crippen LogP contribution in [0.25, 0.3) is 11.0 Å². The van der Waals surface area contributed by atoms with E-state index in [9.17, 15) is 14.7 Å². The van der Waals surface area contributed by atoms with Crippen molar-refractivity contribution in [3.05, 3.63) is 29.6 Å². The lowest BCUT2D eigenvalue weighted by Crippen LogP contribution is -2.32. The molecule has 0 bridgehead atoms. The van der Waals surface area contributed by atoms with Gasteiger partial charge in [0.2, 0.25) is 0 Å². The summed E-state index contributed by atoms with van der Waals surface area (Å²) < 4.78 is 1.90. The molecule has 1 aromatic heterocycles. The van der Waals surface area contributed by atoms with Crippen molar-refractivity contribution in [2.24, 2.45) is 5.73 Å². The number of primary amides is 1. The molecule has 1 fully saturated rings. The lowest BCUT2D eigenvalue weighted by molar-refractivity contribution is 0.0698. The number of aromatic nitrogens is 2. The van der Waals surface area contributed by atoms with Crippen LogP contribution >= 0.6 is 0 Å². The summed E-state index contributed by atoms with van der Waals surface area (Å²) in [7, 11) is 0. The first-order chi connectivity index (χ1) is 10.1. The number of rotatable bonds is 5. The van der Waals surface area contributed by atoms with E-state index >= 15 is 0 Å². The number of carbonyl (C=O) groups excluding carboxylic acids is 1. The van der Waals surface area contributed by atoms with Crippen molar-refractivity contribution in [1.82, 2.24) is 14.9 Å². The number of hydrogen-bond donors (Lipinski definition) is 3. The number of nitrogens with one attached hydrogen (secondary N) is 1. The Bertz CT molecular complexity index is 718. The van der Waals surface area contributed by atoms with Crippen LogP contribution in [0.4, 0.5) is 4.79 Å². The Morgan fingerprint density at radius 2 is 2.19 bits per heavy atom. The molecule has 4 N–H and O–H groups in total. The molecular formula is C14H16N4O3. The number of urea groups is 1. The van der Waals surface area contributed by atoms with E-state index in [1.807, 2.05) is 10.6 Å². The average molecular weight is 288 g/mol. The standard InChI is InChI=1S/C14H16N4O3/c15-14(21)16-6-7-18-11-9(13(19)20)2-1-3-10(11)17-12(18)8-4-5-8/h1-3,8H,4-7H2,(H,19,20)(H3,15,16,21). The Kier molecular flexibility index (Phi) is 3.25. The third-order valence-corrected chi connectivity index (χ3v) is 3.60. The summed E-state index contributed by atoms with van der Waals surface area (Å²) in [6.45, 7) is 0.796. The predicted molar refractivity (Wildman–Crippen MR) is 76.3 cm³/mol. The van der Waals surface area contributed by atoms with E-state index in [1.54, 1.807) is 12.1 Å². The first-order valence-corrected chi connectivity index (χ1v) is 6.83. The number of carboxylic acids is 1. The van der Waals surface area contributed by atoms with E-state index < -0.39 is 12.0 Å². The van der Waals surface area contributed by atoms with Gasteiger partial charge in [-0.25, -0.2) is 14.6 Å². The minimum absolute atomic E-state index is 0.228. The maximum atomic E-state index is 11.4. The third kappa shape index (κ3) is 2.54. The number of fused-ring (bicyclic) bond motifs is 1. The van der Waals surface area contributed by atoms with Crippen LogP contribution in [0.15, 0.2) is 18.2 Å². The Morgan fingerprint density at radius 3 is 2.81 bits per heavy atom. The van der Waals surface area contributed by atoms with Crippen LogP contribution in [0.1, 0.15) is 34.9 Å². The molecule has 1 heterocycles. The molecule has 7 nitrogen and oxygen atoms in total. The quantitative estimate of drug-likeness (QED) is 0.769. The highest BCUT2D eigenvalue weighted by Gasteiger charge is 2.30. The number of imidazole rings is 1. The van der Waals surface area contributed by atoms with Gasteiger partial charge in [0.1, 0.15) is 5.82 Å². The van der Waals surface area contributed by atoms with Gasteiger partial charge in [-0.2, -0.15) is 0 Å². The molecule has 0 atom stereocenters. The first-order valence-electron chi connectivity index (χ1n) is 6.83. The maximum Gasteiger partial charge on any atom is 0.337 e. The highest BCUT2D eigenvalue weighted by molar-refractivity contribution is 6.01. The number of para-hydroxylation sites is 1. The molecule has 0 saturated heterocycles. The largest absolute Gasteiger partial charge is 0.478 e. The van der Waals surface area contributed by atoms with Crippen LogP contribution in [0.2, 0.25) is 0 Å². The monoisotopic (exact) mass is 288 g/mol. The average Bonchev–Trinajstić information content (AvgIpc) is 3.21. The molecule has 0 spiro atoms. The zero-order chi connectivity index (χ0) is 15.0. The third-order valence-electron chi connectivity index (χ3n) is 3.60. The lowest BCUT2D eigenvalue weighted by Gasteiger charge is -2.10. The molecular weight excluding hydrogens is 272 g/mol. The summed E-state index contributed by atoms with van der Waals surface area (Å²) in [5.41, 5.74) is 6.58. The summed E-state index contributed by atoms with van der Waals surface area (Å²) in [4.78, 5) is 26.8. The molecule has 2 aromatic rings. The van der Waals surface area contributed by atoms with Gasteiger partial charge in [-0.05, 0) is 25.0 Å². The van der Waals surface area contributed by atoms with Gasteiger partial charge in [-0.3, -0.25) is 0 Å². The van der Waals surface area contributed by atoms with Crippen LogP contribution in [0, 0.1) is 0 Å². The normalized spacial score (nSPS) is 14.3. The molecule has 3 rings (SSSR count). The van der Waals surface area contributed by atoms with Crippen LogP contribution in [0.3, 0.4) is 0 Å². The summed E-state index contributed by atoms with van der Waals surface area (Å²) in [5, 5.41) is 11.9. The Labute approximate surface area is 120 Å². The second kappa shape index (κ2) is 5.08. The van der Waals surface area contributed by atoms with E-state index in [0.29, 0.717) is 30.0 Å². The van der Waals surface area contributed by atoms with E-state index in [1.165, 1.54) is 0 Å². The minimum atomic E-state index is -0.980. The zero-order valence-corrected chi connectivity index (χ0v) is 11.4. The topological polar surface area (TPSA) is 110 Å². The molecule has 2 amide bonds. The number of nitrogens with zero attached hydrogens (tertiary/aromatic N) is 2. The molecule has 1 saturated carbocycles. The number of amides is 2. The van der Waals surface area contributed by atoms with Crippen LogP contribution in [-0.4, -0.2) is 33.2 Å². The highest BCUT2D eigenvalue weighted by atomic mass is 16.4. The summed E-state index contributed by atoms with van der Waals surface area (Å²) >= 11 is 0. The van der Waals surface area contributed by atoms with Crippen molar-refractivity contribution < 1.29 is 14.7 Å². The fourth-order valence-corrected chi connectivity index (χ4v) is 2.55. The van der Waals surface area contributed by atoms with Gasteiger partial charge >= 0.3 is 12.0 Å². The van der Waals surface area contributed by atoms with Crippen LogP contribution < -0.4 is 11.1 Å². The number of benzene rings is 1. The second-order valence-corrected chi connectivity index (χ2v) is 5.17. The molecule has 7 heteroatoms. The first kappa shape index (κ1) is 13.4. The van der Waals surface area contributed by atoms with Gasteiger partial charge in [0, 0.05) is 19.0 Å². The van der Waals surface area contributed by atoms with Gasteiger partial charge in [0.15, 0.2) is 0 Å². The van der Waals surface area contributed by atoms with Gasteiger partial charge < -0.3 is 20.7 Å². The maximum absolute atomic E-state index is 11.4. The van der Waals surface area contributed by atoms with E-state index in [2.05, 4.69) is 10.3 Å². The summed E-state index contributed by atoms with van der Waals surface area (Å²) in [6, 6.07) is 4.49. The predicted octanol–water partition coefficient (Wildman–Crippen LogP) is 1.28. The Morgan fingerprint density at radius 1 is 1.43 bits per heavy atom. The van der Waals surface area contributed by atoms with E-state index in [4.69, 9.17) is 5.73 Å². The number of aromatic carboxylic acids is 1. The van der Waals surface area contributed by atoms with Crippen molar-refractivity contribution >= 4 is 23.0 Å². The lowest BCUT2D eigenvalue weighted by atomic mass is 10.2. The minimum Gasteiger partial charge on any atom is -0.478 e. The Hall–Kier alpha value is -2.57. The van der Waals surface area contributed by atoms with Gasteiger partial charge in [-0.1, -0.05) is 6.07 Å². The van der Waals surface area contributed by atoms with Crippen molar-refractivity contribution in [2.75, 3.05) is 6.54 Å². The van der Waals surface area contributed by atoms with Gasteiger partial charge in [0.25, 0.3) is 0 Å². The van der Waals surface area contributed by atoms with Gasteiger partial charge in [-0.15, -0.1) is 0 Å². The molecule has 1 aromatic carbocycles. The van der Waals surface area contributed by atoms with Crippen molar-refractivity contribution in [3.63, 3.8) is 0 Å². The molecule has 0 radical (unpaired) electrons. The molecule has 0 unspecified atom stereocenters. The molecule has 1 aliphatic carbocycles. The number of carbonyl (C=O) groups is 2. The molecule has 21 heavy (non-hydrogen) atoms. The molecule has 0 aliphatic heterocycles. The summed E-state index contributed by atoms with van der Waals surface area (Å²) in [6.07, 6.45) is 2.13. The highest BCUT2D eigenvalue weighted by Crippen LogP contribution is 2.41. The number of nitrogens with two attached hydrogens (primary N) is 1. The van der Waals surface area contributed by atoms with Crippen LogP contribution in [0.5, 0.6) is 0 Å². The van der Waals surface area contributed by atoms with Crippen LogP contribution in [-0.2, 0) is 6.54 Å². The van der Waals surface area contributed by atoms with E-state index in [-0.39, 0.29) is 5.56 Å². The Balaban J connectivity index is 2.06. The fraction of sp³-hybridized carbons (Fsp3) is 0.357. The van der Waals surface area contributed by atoms with Crippen molar-refractivity contribution in [1.29, 1.82) is 0 Å². The molecule has 1 aliphatic rings. The fourth-order valence-electron chi connectivity index (χ4n) is 2.55. The molecule has 110 valence electrons. The number of hydrogen-bond acceptors (Lipinski definition) is 3. The smallest absolute Gasteiger partial charge is 0.337 e. The van der Waals surface area contributed by atoms with Crippen molar-refractivity contribution in [2.45, 2.75) is 25.3 Å². The van der Waals surface area contributed by atoms with Crippen molar-refractivity contribution in [3.8, 4) is 0 Å². The number of carboxylic acid groups (broad SMARTS) is 1. The van der Waals surface area contributed by atoms with E-state index in [0.717, 1.165) is 18.7 Å². The SMILES string of the molecule is NC(=O)NCCn1c(C2CC2)nc2cccc(C(=O)O)c21. The summed E-state index contributed by atoms with van der Waals surface area (Å²) in [5.74, 6) is 0.296. The zero-order valence-electron chi connectivity index (χ0n) is 11.4. The van der Waals surface area contributed by atoms with Gasteiger partial charge in [0.05, 0.1) is 16.6 Å².